The Morgan fingerprint density at radius 2 is 0.170 bits per heavy atom. The van der Waals surface area contributed by atoms with Gasteiger partial charge in [0.2, 0.25) is 0 Å². The fraction of sp³-hybridized carbons (Fsp3) is 0.286. The van der Waals surface area contributed by atoms with Crippen LogP contribution in [-0.4, -0.2) is 0 Å². The summed E-state index contributed by atoms with van der Waals surface area (Å²) < 4.78 is 0. The van der Waals surface area contributed by atoms with Crippen LogP contribution in [0.25, 0.3) is 0 Å². The third-order valence-corrected chi connectivity index (χ3v) is 18.2. The van der Waals surface area contributed by atoms with Crippen LogP contribution in [0.4, 0.5) is 0 Å². The van der Waals surface area contributed by atoms with Crippen molar-refractivity contribution in [2.45, 2.75) is 209 Å². The minimum Gasteiger partial charge on any atom is -0.0561 e. The van der Waals surface area contributed by atoms with Crippen molar-refractivity contribution in [1.29, 1.82) is 0 Å². The van der Waals surface area contributed by atoms with E-state index in [1.54, 1.807) is 0 Å². The maximum Gasteiger partial charge on any atom is 0.0270 e. The lowest BCUT2D eigenvalue weighted by atomic mass is 9.85. The second-order valence-corrected chi connectivity index (χ2v) is 36.4. The van der Waals surface area contributed by atoms with Crippen molar-refractivity contribution in [2.75, 3.05) is 0 Å². The molecular formula is C112H96. The molecule has 0 heterocycles. The second kappa shape index (κ2) is 34.5. The fourth-order valence-corrected chi connectivity index (χ4v) is 11.3. The van der Waals surface area contributed by atoms with Crippen LogP contribution in [0.2, 0.25) is 0 Å². The van der Waals surface area contributed by atoms with Gasteiger partial charge < -0.3 is 0 Å². The van der Waals surface area contributed by atoms with Crippen molar-refractivity contribution in [2.24, 2.45) is 0 Å². The first kappa shape index (κ1) is 82.8. The smallest absolute Gasteiger partial charge is 0.0270 e. The summed E-state index contributed by atoms with van der Waals surface area (Å²) in [4.78, 5) is 0. The first-order chi connectivity index (χ1) is 52.4. The Kier molecular flexibility index (Phi) is 25.5. The van der Waals surface area contributed by atoms with Crippen LogP contribution in [0.15, 0.2) is 146 Å². The van der Waals surface area contributed by atoms with Crippen LogP contribution in [0.3, 0.4) is 0 Å². The summed E-state index contributed by atoms with van der Waals surface area (Å²) in [6.45, 7) is 52.4. The van der Waals surface area contributed by atoms with E-state index in [1.165, 1.54) is 0 Å². The van der Waals surface area contributed by atoms with Gasteiger partial charge in [0.05, 0.1) is 0 Å². The Balaban J connectivity index is 1.13. The lowest BCUT2D eigenvalue weighted by Crippen LogP contribution is -2.11. The minimum absolute atomic E-state index is 0.167. The van der Waals surface area contributed by atoms with Gasteiger partial charge in [-0.1, -0.05) is 261 Å². The lowest BCUT2D eigenvalue weighted by Gasteiger charge is -2.19. The molecule has 0 N–H and O–H groups in total. The third-order valence-electron chi connectivity index (χ3n) is 18.2. The SMILES string of the molecule is CC(C)(C)c1cc2cc(c1)C#CC#Cc1cc(cc(C(C)(C)C)c1)C#CC#Cc1cc(cc(C(C)(C)C)c1)C#CC#Cc1cc(cc(C(C)(C)C)c1)C#CC#Cc1cc(cc(C(C)(C)C)c1)C#CC#Cc1cc(cc(C(C)(C)C)c1)C#CC#Cc1cc(cc(C(C)(C)C)c1)C#CC#Cc1cc(cc(C(C)(C)C)c1)C#CC#C2. The molecule has 16 bridgehead atoms. The molecule has 9 rings (SSSR count). The van der Waals surface area contributed by atoms with E-state index in [0.717, 1.165) is 134 Å². The molecule has 8 aromatic carbocycles. The molecule has 0 aromatic heterocycles. The molecule has 8 aromatic rings. The van der Waals surface area contributed by atoms with Crippen LogP contribution in [0.5, 0.6) is 0 Å². The monoisotopic (exact) mass is 1440 g/mol. The zero-order chi connectivity index (χ0) is 81.5. The molecule has 0 heteroatoms. The van der Waals surface area contributed by atoms with E-state index >= 15 is 0 Å². The summed E-state index contributed by atoms with van der Waals surface area (Å²) >= 11 is 0. The maximum atomic E-state index is 3.32. The summed E-state index contributed by atoms with van der Waals surface area (Å²) in [7, 11) is 0. The number of hydrogen-bond acceptors (Lipinski definition) is 0. The standard InChI is InChI=1S/C112H96/c1-105(2,3)97-65-81-41-25-27-43-83-58-85(69-98(67-83)106(4,5)6)45-29-31-47-87-60-89(73-100(71-87)108(10,11)12)49-33-35-51-91-62-93(77-102(75-91)110(16,17)18)53-37-39-55-95-64-96(80-104(79-95)112(22,23)24)56-40-38-54-94-63-92(76-103(78-94)111(19,20)21)52-36-34-50-90-61-88(72-101(74-90)109(13,14)15)48-32-30-46-86-59-84(68-99(70-86)107(7,8)9)44-28-26-42-82(57-81)66-97/h57-80H,1-24H3. The van der Waals surface area contributed by atoms with Crippen LogP contribution in [0, 0.1) is 189 Å². The van der Waals surface area contributed by atoms with Crippen LogP contribution in [-0.2, 0) is 43.3 Å². The molecule has 0 nitrogen and oxygen atoms in total. The molecule has 0 saturated heterocycles. The van der Waals surface area contributed by atoms with Gasteiger partial charge in [-0.2, -0.15) is 0 Å². The zero-order valence-electron chi connectivity index (χ0n) is 69.9. The highest BCUT2D eigenvalue weighted by Crippen LogP contribution is 2.32. The van der Waals surface area contributed by atoms with Gasteiger partial charge in [0.15, 0.2) is 0 Å². The van der Waals surface area contributed by atoms with E-state index in [1.807, 2.05) is 48.5 Å². The minimum atomic E-state index is -0.167. The molecular weight excluding hydrogens is 1350 g/mol. The van der Waals surface area contributed by atoms with Crippen molar-refractivity contribution in [3.05, 3.63) is 279 Å². The summed E-state index contributed by atoms with van der Waals surface area (Å²) in [5.74, 6) is 103. The van der Waals surface area contributed by atoms with E-state index in [4.69, 9.17) is 0 Å². The number of benzene rings is 8. The van der Waals surface area contributed by atoms with E-state index in [-0.39, 0.29) is 43.3 Å². The van der Waals surface area contributed by atoms with Crippen LogP contribution < -0.4 is 0 Å². The average Bonchev–Trinajstić information content (AvgIpc) is 0.884. The largest absolute Gasteiger partial charge is 0.0561 e. The average molecular weight is 1440 g/mol. The zero-order valence-corrected chi connectivity index (χ0v) is 69.9. The molecule has 0 amide bonds. The Morgan fingerprint density at radius 1 is 0.107 bits per heavy atom. The number of fused-ring (bicyclic) bond motifs is 16. The van der Waals surface area contributed by atoms with Gasteiger partial charge in [-0.3, -0.25) is 0 Å². The summed E-state index contributed by atoms with van der Waals surface area (Å²) in [5, 5.41) is 0. The van der Waals surface area contributed by atoms with Crippen molar-refractivity contribution in [1.82, 2.24) is 0 Å². The summed E-state index contributed by atoms with van der Waals surface area (Å²) in [6.07, 6.45) is 0. The summed E-state index contributed by atoms with van der Waals surface area (Å²) in [5.41, 5.74) is 20.5. The van der Waals surface area contributed by atoms with Crippen molar-refractivity contribution < 1.29 is 0 Å². The van der Waals surface area contributed by atoms with Gasteiger partial charge >= 0.3 is 0 Å². The highest BCUT2D eigenvalue weighted by Gasteiger charge is 2.22. The molecule has 0 atom stereocenters. The highest BCUT2D eigenvalue weighted by molar-refractivity contribution is 5.62. The third kappa shape index (κ3) is 25.4. The highest BCUT2D eigenvalue weighted by atomic mass is 14.3. The van der Waals surface area contributed by atoms with Gasteiger partial charge in [0, 0.05) is 89.0 Å². The first-order valence-electron chi connectivity index (χ1n) is 37.9. The molecule has 1 aliphatic carbocycles. The number of hydrogen-bond donors (Lipinski definition) is 0. The van der Waals surface area contributed by atoms with Crippen molar-refractivity contribution in [3.8, 4) is 189 Å². The van der Waals surface area contributed by atoms with E-state index in [0.29, 0.717) is 0 Å². The topological polar surface area (TPSA) is 0 Å². The van der Waals surface area contributed by atoms with Gasteiger partial charge in [-0.15, -0.1) is 0 Å². The Bertz CT molecular complexity index is 4790. The number of rotatable bonds is 0. The molecule has 0 spiro atoms. The Morgan fingerprint density at radius 3 is 0.223 bits per heavy atom. The van der Waals surface area contributed by atoms with E-state index in [9.17, 15) is 0 Å². The van der Waals surface area contributed by atoms with E-state index in [2.05, 4.69) is 453 Å². The Hall–Kier alpha value is -13.3. The second-order valence-electron chi connectivity index (χ2n) is 36.4. The van der Waals surface area contributed by atoms with Gasteiger partial charge in [0.1, 0.15) is 0 Å². The fourth-order valence-electron chi connectivity index (χ4n) is 11.3. The van der Waals surface area contributed by atoms with Crippen LogP contribution in [0.1, 0.15) is 300 Å². The predicted octanol–water partition coefficient (Wildman–Crippen LogP) is 21.6. The van der Waals surface area contributed by atoms with Gasteiger partial charge in [-0.05, 0) is 328 Å². The first-order valence-corrected chi connectivity index (χ1v) is 37.9. The molecule has 1 aliphatic rings. The van der Waals surface area contributed by atoms with Gasteiger partial charge in [0.25, 0.3) is 0 Å². The van der Waals surface area contributed by atoms with Gasteiger partial charge in [-0.25, -0.2) is 0 Å². The van der Waals surface area contributed by atoms with Crippen molar-refractivity contribution in [3.63, 3.8) is 0 Å². The lowest BCUT2D eigenvalue weighted by molar-refractivity contribution is 0.589. The molecule has 112 heavy (non-hydrogen) atoms. The quantitative estimate of drug-likeness (QED) is 0.133. The molecule has 544 valence electrons. The molecule has 0 unspecified atom stereocenters. The van der Waals surface area contributed by atoms with Crippen molar-refractivity contribution >= 4 is 0 Å². The molecule has 0 radical (unpaired) electrons. The molecule has 0 saturated carbocycles. The molecule has 0 aliphatic heterocycles. The van der Waals surface area contributed by atoms with E-state index < -0.39 is 0 Å². The summed E-state index contributed by atoms with van der Waals surface area (Å²) in [6, 6.07) is 49.8. The normalized spacial score (nSPS) is 11.9. The maximum absolute atomic E-state index is 3.32. The molecule has 0 fully saturated rings. The van der Waals surface area contributed by atoms with Crippen LogP contribution >= 0.6 is 0 Å². The predicted molar refractivity (Wildman–Crippen MR) is 471 cm³/mol. The Labute approximate surface area is 673 Å².